The van der Waals surface area contributed by atoms with Gasteiger partial charge in [0.2, 0.25) is 5.91 Å². The van der Waals surface area contributed by atoms with E-state index < -0.39 is 0 Å². The number of anilines is 1. The monoisotopic (exact) mass is 412 g/mol. The first-order chi connectivity index (χ1) is 12.7. The highest BCUT2D eigenvalue weighted by Crippen LogP contribution is 2.17. The van der Waals surface area contributed by atoms with E-state index in [4.69, 9.17) is 0 Å². The molecule has 0 radical (unpaired) electrons. The van der Waals surface area contributed by atoms with Crippen LogP contribution >= 0.6 is 24.2 Å². The number of hydrogen-bond donors (Lipinski definition) is 2. The third-order valence-corrected chi connectivity index (χ3v) is 5.92. The Morgan fingerprint density at radius 1 is 1.22 bits per heavy atom. The van der Waals surface area contributed by atoms with Gasteiger partial charge in [-0.15, -0.1) is 12.4 Å². The van der Waals surface area contributed by atoms with E-state index in [1.54, 1.807) is 6.07 Å². The molecule has 1 unspecified atom stereocenters. The Balaban J connectivity index is 0.00000261. The second kappa shape index (κ2) is 10.9. The van der Waals surface area contributed by atoms with Gasteiger partial charge < -0.3 is 15.5 Å². The largest absolute Gasteiger partial charge is 0.337 e. The number of benzene rings is 1. The highest BCUT2D eigenvalue weighted by Gasteiger charge is 2.21. The van der Waals surface area contributed by atoms with Crippen LogP contribution in [0.15, 0.2) is 24.3 Å². The number of carbonyl (C=O) groups excluding carboxylic acids is 2. The van der Waals surface area contributed by atoms with Gasteiger partial charge in [0.05, 0.1) is 6.54 Å². The van der Waals surface area contributed by atoms with Crippen LogP contribution in [0.5, 0.6) is 0 Å². The van der Waals surface area contributed by atoms with E-state index in [9.17, 15) is 9.59 Å². The number of rotatable bonds is 5. The number of likely N-dealkylation sites (N-methyl/N-ethyl adjacent to an activating group) is 1. The first-order valence-corrected chi connectivity index (χ1v) is 10.5. The lowest BCUT2D eigenvalue weighted by Crippen LogP contribution is -2.46. The number of piperidine rings is 1. The second-order valence-corrected chi connectivity index (χ2v) is 8.12. The Morgan fingerprint density at radius 2 is 2.00 bits per heavy atom. The molecule has 0 aromatic heterocycles. The predicted octanol–water partition coefficient (Wildman–Crippen LogP) is 1.92. The van der Waals surface area contributed by atoms with Crippen LogP contribution in [0.3, 0.4) is 0 Å². The Hall–Kier alpha value is -1.28. The van der Waals surface area contributed by atoms with Crippen LogP contribution in [0.4, 0.5) is 5.69 Å². The molecule has 2 amide bonds. The molecule has 2 N–H and O–H groups in total. The Bertz CT molecular complexity index is 640. The van der Waals surface area contributed by atoms with Crippen LogP contribution in [0.2, 0.25) is 0 Å². The number of halogens is 1. The van der Waals surface area contributed by atoms with Gasteiger partial charge in [-0.3, -0.25) is 14.5 Å². The van der Waals surface area contributed by atoms with Crippen LogP contribution in [-0.2, 0) is 4.79 Å². The third kappa shape index (κ3) is 6.38. The van der Waals surface area contributed by atoms with Crippen molar-refractivity contribution >= 4 is 41.7 Å². The molecule has 0 spiro atoms. The van der Waals surface area contributed by atoms with E-state index >= 15 is 0 Å². The zero-order chi connectivity index (χ0) is 18.4. The lowest BCUT2D eigenvalue weighted by molar-refractivity contribution is -0.117. The molecule has 3 rings (SSSR count). The fourth-order valence-corrected chi connectivity index (χ4v) is 4.42. The standard InChI is InChI=1S/C19H28N4O2S.ClH/c1-20-17-6-3-7-22(13-17)14-18(24)21-16-5-2-4-15(12-16)19(25)23-8-10-26-11-9-23;/h2,4-5,12,17,20H,3,6-11,13-14H2,1H3,(H,21,24);1H. The molecular formula is C19H29ClN4O2S. The van der Waals surface area contributed by atoms with Crippen LogP contribution in [0, 0.1) is 0 Å². The molecule has 150 valence electrons. The molecule has 1 atom stereocenters. The van der Waals surface area contributed by atoms with E-state index in [-0.39, 0.29) is 24.2 Å². The van der Waals surface area contributed by atoms with E-state index in [0.717, 1.165) is 50.5 Å². The Kier molecular flexibility index (Phi) is 8.89. The van der Waals surface area contributed by atoms with Crippen molar-refractivity contribution < 1.29 is 9.59 Å². The Morgan fingerprint density at radius 3 is 2.74 bits per heavy atom. The maximum Gasteiger partial charge on any atom is 0.253 e. The highest BCUT2D eigenvalue weighted by atomic mass is 35.5. The first-order valence-electron chi connectivity index (χ1n) is 9.32. The van der Waals surface area contributed by atoms with Gasteiger partial charge in [0, 0.05) is 48.4 Å². The summed E-state index contributed by atoms with van der Waals surface area (Å²) in [4.78, 5) is 29.1. The Labute approximate surface area is 171 Å². The first kappa shape index (κ1) is 22.0. The van der Waals surface area contributed by atoms with Crippen molar-refractivity contribution in [2.75, 3.05) is 56.6 Å². The summed E-state index contributed by atoms with van der Waals surface area (Å²) < 4.78 is 0. The maximum atomic E-state index is 12.6. The third-order valence-electron chi connectivity index (χ3n) is 4.97. The molecular weight excluding hydrogens is 384 g/mol. The fourth-order valence-electron chi connectivity index (χ4n) is 3.52. The molecule has 2 aliphatic rings. The van der Waals surface area contributed by atoms with Gasteiger partial charge in [0.25, 0.3) is 5.91 Å². The van der Waals surface area contributed by atoms with Crippen molar-refractivity contribution in [3.8, 4) is 0 Å². The molecule has 2 aliphatic heterocycles. The predicted molar refractivity (Wildman–Crippen MR) is 114 cm³/mol. The maximum absolute atomic E-state index is 12.6. The average molecular weight is 413 g/mol. The summed E-state index contributed by atoms with van der Waals surface area (Å²) in [6.07, 6.45) is 2.27. The number of amides is 2. The lowest BCUT2D eigenvalue weighted by Gasteiger charge is -2.31. The summed E-state index contributed by atoms with van der Waals surface area (Å²) in [6.45, 7) is 3.83. The van der Waals surface area contributed by atoms with Gasteiger partial charge in [-0.25, -0.2) is 0 Å². The average Bonchev–Trinajstić information content (AvgIpc) is 2.68. The summed E-state index contributed by atoms with van der Waals surface area (Å²) in [5.74, 6) is 2.01. The van der Waals surface area contributed by atoms with Crippen molar-refractivity contribution in [1.29, 1.82) is 0 Å². The van der Waals surface area contributed by atoms with Crippen molar-refractivity contribution in [1.82, 2.24) is 15.1 Å². The lowest BCUT2D eigenvalue weighted by atomic mass is 10.1. The second-order valence-electron chi connectivity index (χ2n) is 6.90. The van der Waals surface area contributed by atoms with Crippen molar-refractivity contribution in [2.24, 2.45) is 0 Å². The fraction of sp³-hybridized carbons (Fsp3) is 0.579. The van der Waals surface area contributed by atoms with Gasteiger partial charge in [-0.1, -0.05) is 6.07 Å². The summed E-state index contributed by atoms with van der Waals surface area (Å²) >= 11 is 1.88. The molecule has 0 bridgehead atoms. The van der Waals surface area contributed by atoms with E-state index in [1.165, 1.54) is 0 Å². The SMILES string of the molecule is CNC1CCCN(CC(=O)Nc2cccc(C(=O)N3CCSCC3)c2)C1.Cl. The molecule has 2 heterocycles. The minimum Gasteiger partial charge on any atom is -0.337 e. The number of likely N-dealkylation sites (tertiary alicyclic amines) is 1. The molecule has 1 aromatic rings. The van der Waals surface area contributed by atoms with Crippen LogP contribution in [-0.4, -0.2) is 78.9 Å². The molecule has 6 nitrogen and oxygen atoms in total. The van der Waals surface area contributed by atoms with E-state index in [1.807, 2.05) is 41.9 Å². The minimum absolute atomic E-state index is 0. The summed E-state index contributed by atoms with van der Waals surface area (Å²) in [6, 6.07) is 7.74. The zero-order valence-corrected chi connectivity index (χ0v) is 17.4. The summed E-state index contributed by atoms with van der Waals surface area (Å²) in [5.41, 5.74) is 1.33. The van der Waals surface area contributed by atoms with Crippen LogP contribution < -0.4 is 10.6 Å². The summed E-state index contributed by atoms with van der Waals surface area (Å²) in [7, 11) is 1.97. The highest BCUT2D eigenvalue weighted by molar-refractivity contribution is 7.99. The van der Waals surface area contributed by atoms with E-state index in [0.29, 0.717) is 23.8 Å². The number of carbonyl (C=O) groups is 2. The van der Waals surface area contributed by atoms with E-state index in [2.05, 4.69) is 15.5 Å². The zero-order valence-electron chi connectivity index (χ0n) is 15.8. The van der Waals surface area contributed by atoms with Gasteiger partial charge in [0.1, 0.15) is 0 Å². The number of nitrogens with zero attached hydrogens (tertiary/aromatic N) is 2. The van der Waals surface area contributed by atoms with Crippen molar-refractivity contribution in [3.63, 3.8) is 0 Å². The van der Waals surface area contributed by atoms with Crippen LogP contribution in [0.1, 0.15) is 23.2 Å². The molecule has 1 aromatic carbocycles. The van der Waals surface area contributed by atoms with Crippen LogP contribution in [0.25, 0.3) is 0 Å². The summed E-state index contributed by atoms with van der Waals surface area (Å²) in [5, 5.41) is 6.24. The molecule has 8 heteroatoms. The normalized spacial score (nSPS) is 20.6. The molecule has 0 aliphatic carbocycles. The quantitative estimate of drug-likeness (QED) is 0.773. The number of hydrogen-bond acceptors (Lipinski definition) is 5. The van der Waals surface area contributed by atoms with Crippen molar-refractivity contribution in [3.05, 3.63) is 29.8 Å². The molecule has 27 heavy (non-hydrogen) atoms. The van der Waals surface area contributed by atoms with Gasteiger partial charge in [-0.2, -0.15) is 11.8 Å². The molecule has 0 saturated carbocycles. The van der Waals surface area contributed by atoms with Gasteiger partial charge in [0.15, 0.2) is 0 Å². The van der Waals surface area contributed by atoms with Gasteiger partial charge in [-0.05, 0) is 44.6 Å². The molecule has 2 saturated heterocycles. The smallest absolute Gasteiger partial charge is 0.253 e. The van der Waals surface area contributed by atoms with Crippen molar-refractivity contribution in [2.45, 2.75) is 18.9 Å². The molecule has 2 fully saturated rings. The topological polar surface area (TPSA) is 64.7 Å². The number of nitrogens with one attached hydrogen (secondary N) is 2. The number of thioether (sulfide) groups is 1. The van der Waals surface area contributed by atoms with Gasteiger partial charge >= 0.3 is 0 Å². The minimum atomic E-state index is -0.0271.